The Kier molecular flexibility index (Phi) is 9.74. The number of hydrogen-bond acceptors (Lipinski definition) is 7. The van der Waals surface area contributed by atoms with Crippen LogP contribution < -0.4 is 21.1 Å². The summed E-state index contributed by atoms with van der Waals surface area (Å²) in [5.74, 6) is -1.48. The molecule has 0 fully saturated rings. The normalized spacial score (nSPS) is 10.9. The Morgan fingerprint density at radius 3 is 2.16 bits per heavy atom. The summed E-state index contributed by atoms with van der Waals surface area (Å²) in [5.41, 5.74) is 8.18. The second kappa shape index (κ2) is 13.6. The number of esters is 1. The van der Waals surface area contributed by atoms with Gasteiger partial charge in [0.2, 0.25) is 5.88 Å². The molecular formula is C34H35N5O5. The predicted molar refractivity (Wildman–Crippen MR) is 169 cm³/mol. The first kappa shape index (κ1) is 31.4. The Labute approximate surface area is 256 Å². The molecule has 0 aliphatic rings. The van der Waals surface area contributed by atoms with Crippen molar-refractivity contribution < 1.29 is 23.9 Å². The summed E-state index contributed by atoms with van der Waals surface area (Å²) in [7, 11) is 1.43. The summed E-state index contributed by atoms with van der Waals surface area (Å²) < 4.78 is 10.9. The molecule has 0 aliphatic heterocycles. The maximum Gasteiger partial charge on any atom is 0.339 e. The molecule has 10 heteroatoms. The SMILES string of the molecule is COc1ccc(-c2ccc(C(=O)NCC(C)(C)C)cc2C(=O)OCc2ccccc2)c(C(=O)Nc2ccc(C(=N)N)cc2)n1. The lowest BCUT2D eigenvalue weighted by atomic mass is 9.94. The fourth-order valence-corrected chi connectivity index (χ4v) is 4.21. The smallest absolute Gasteiger partial charge is 0.339 e. The molecule has 44 heavy (non-hydrogen) atoms. The van der Waals surface area contributed by atoms with E-state index in [1.165, 1.54) is 13.2 Å². The largest absolute Gasteiger partial charge is 0.481 e. The molecule has 0 aliphatic carbocycles. The van der Waals surface area contributed by atoms with E-state index in [2.05, 4.69) is 15.6 Å². The fraction of sp³-hybridized carbons (Fsp3) is 0.206. The zero-order valence-electron chi connectivity index (χ0n) is 25.1. The number of amides is 2. The van der Waals surface area contributed by atoms with Gasteiger partial charge in [-0.1, -0.05) is 57.2 Å². The number of pyridine rings is 1. The number of nitrogens with zero attached hydrogens (tertiary/aromatic N) is 1. The zero-order valence-corrected chi connectivity index (χ0v) is 25.1. The van der Waals surface area contributed by atoms with Crippen molar-refractivity contribution in [2.24, 2.45) is 11.1 Å². The zero-order chi connectivity index (χ0) is 31.9. The van der Waals surface area contributed by atoms with Crippen LogP contribution in [0.4, 0.5) is 5.69 Å². The Morgan fingerprint density at radius 2 is 1.52 bits per heavy atom. The van der Waals surface area contributed by atoms with Gasteiger partial charge in [0, 0.05) is 35.0 Å². The number of ether oxygens (including phenoxy) is 2. The van der Waals surface area contributed by atoms with Crippen LogP contribution in [-0.4, -0.2) is 42.3 Å². The van der Waals surface area contributed by atoms with Crippen molar-refractivity contribution in [3.05, 3.63) is 113 Å². The molecule has 1 aromatic heterocycles. The molecule has 0 saturated heterocycles. The standard InChI is InChI=1S/C34H35N5O5/c1-34(2,3)20-37-31(40)23-12-15-25(27(18-23)33(42)44-19-21-8-6-5-7-9-21)26-16-17-28(43-4)39-29(26)32(41)38-24-13-10-22(11-14-24)30(35)36/h5-18H,19-20H2,1-4H3,(H3,35,36)(H,37,40)(H,38,41). The molecule has 10 nitrogen and oxygen atoms in total. The van der Waals surface area contributed by atoms with Crippen LogP contribution in [-0.2, 0) is 11.3 Å². The molecule has 4 rings (SSSR count). The van der Waals surface area contributed by atoms with Gasteiger partial charge in [-0.3, -0.25) is 15.0 Å². The first-order chi connectivity index (χ1) is 20.9. The number of benzene rings is 3. The number of anilines is 1. The van der Waals surface area contributed by atoms with E-state index in [4.69, 9.17) is 20.6 Å². The molecule has 2 amide bonds. The number of nitrogens with two attached hydrogens (primary N) is 1. The highest BCUT2D eigenvalue weighted by molar-refractivity contribution is 6.10. The van der Waals surface area contributed by atoms with E-state index in [1.54, 1.807) is 48.5 Å². The summed E-state index contributed by atoms with van der Waals surface area (Å²) in [5, 5.41) is 13.3. The van der Waals surface area contributed by atoms with Gasteiger partial charge >= 0.3 is 5.97 Å². The highest BCUT2D eigenvalue weighted by Crippen LogP contribution is 2.31. The van der Waals surface area contributed by atoms with Gasteiger partial charge in [-0.2, -0.15) is 0 Å². The molecule has 1 heterocycles. The van der Waals surface area contributed by atoms with E-state index in [0.29, 0.717) is 28.9 Å². The first-order valence-electron chi connectivity index (χ1n) is 13.9. The third-order valence-corrected chi connectivity index (χ3v) is 6.53. The molecule has 0 unspecified atom stereocenters. The molecule has 226 valence electrons. The van der Waals surface area contributed by atoms with Crippen molar-refractivity contribution in [2.45, 2.75) is 27.4 Å². The molecular weight excluding hydrogens is 558 g/mol. The van der Waals surface area contributed by atoms with Gasteiger partial charge < -0.3 is 25.8 Å². The van der Waals surface area contributed by atoms with Crippen LogP contribution in [0.3, 0.4) is 0 Å². The van der Waals surface area contributed by atoms with Crippen LogP contribution in [0.2, 0.25) is 0 Å². The van der Waals surface area contributed by atoms with Gasteiger partial charge in [-0.25, -0.2) is 9.78 Å². The molecule has 0 atom stereocenters. The molecule has 0 radical (unpaired) electrons. The fourth-order valence-electron chi connectivity index (χ4n) is 4.21. The van der Waals surface area contributed by atoms with E-state index in [-0.39, 0.29) is 46.5 Å². The van der Waals surface area contributed by atoms with Crippen LogP contribution in [0.25, 0.3) is 11.1 Å². The summed E-state index contributed by atoms with van der Waals surface area (Å²) in [6.07, 6.45) is 0. The van der Waals surface area contributed by atoms with E-state index < -0.39 is 11.9 Å². The summed E-state index contributed by atoms with van der Waals surface area (Å²) in [6, 6.07) is 23.6. The molecule has 5 N–H and O–H groups in total. The van der Waals surface area contributed by atoms with E-state index in [0.717, 1.165) is 5.56 Å². The summed E-state index contributed by atoms with van der Waals surface area (Å²) in [6.45, 7) is 6.46. The average molecular weight is 594 g/mol. The second-order valence-electron chi connectivity index (χ2n) is 11.3. The molecule has 4 aromatic rings. The minimum Gasteiger partial charge on any atom is -0.481 e. The number of nitrogens with one attached hydrogen (secondary N) is 3. The lowest BCUT2D eigenvalue weighted by molar-refractivity contribution is 0.0473. The Balaban J connectivity index is 1.74. The maximum atomic E-state index is 13.6. The van der Waals surface area contributed by atoms with Gasteiger partial charge in [-0.05, 0) is 59.0 Å². The Bertz CT molecular complexity index is 1680. The monoisotopic (exact) mass is 593 g/mol. The van der Waals surface area contributed by atoms with Crippen molar-refractivity contribution in [2.75, 3.05) is 19.0 Å². The number of aromatic nitrogens is 1. The molecule has 3 aromatic carbocycles. The van der Waals surface area contributed by atoms with Crippen molar-refractivity contribution >= 4 is 29.3 Å². The van der Waals surface area contributed by atoms with Gasteiger partial charge in [0.15, 0.2) is 0 Å². The third kappa shape index (κ3) is 8.07. The first-order valence-corrected chi connectivity index (χ1v) is 13.9. The minimum absolute atomic E-state index is 0.0120. The number of nitrogen functional groups attached to an aromatic ring is 1. The molecule has 0 bridgehead atoms. The number of rotatable bonds is 10. The van der Waals surface area contributed by atoms with Gasteiger partial charge in [0.25, 0.3) is 11.8 Å². The van der Waals surface area contributed by atoms with Gasteiger partial charge in [0.05, 0.1) is 12.7 Å². The van der Waals surface area contributed by atoms with Gasteiger partial charge in [-0.15, -0.1) is 0 Å². The number of amidine groups is 1. The second-order valence-corrected chi connectivity index (χ2v) is 11.3. The van der Waals surface area contributed by atoms with Crippen molar-refractivity contribution in [3.63, 3.8) is 0 Å². The van der Waals surface area contributed by atoms with Crippen molar-refractivity contribution in [1.82, 2.24) is 10.3 Å². The molecule has 0 saturated carbocycles. The summed E-state index contributed by atoms with van der Waals surface area (Å²) in [4.78, 5) is 44.6. The van der Waals surface area contributed by atoms with Crippen molar-refractivity contribution in [1.29, 1.82) is 5.41 Å². The van der Waals surface area contributed by atoms with Crippen LogP contribution in [0, 0.1) is 10.8 Å². The van der Waals surface area contributed by atoms with Crippen LogP contribution >= 0.6 is 0 Å². The lowest BCUT2D eigenvalue weighted by Crippen LogP contribution is -2.32. The Morgan fingerprint density at radius 1 is 0.864 bits per heavy atom. The van der Waals surface area contributed by atoms with E-state index in [9.17, 15) is 14.4 Å². The Hall–Kier alpha value is -5.51. The third-order valence-electron chi connectivity index (χ3n) is 6.53. The predicted octanol–water partition coefficient (Wildman–Crippen LogP) is 5.43. The number of carbonyl (C=O) groups is 3. The number of carbonyl (C=O) groups excluding carboxylic acids is 3. The average Bonchev–Trinajstić information content (AvgIpc) is 3.02. The van der Waals surface area contributed by atoms with Crippen molar-refractivity contribution in [3.8, 4) is 17.0 Å². The summed E-state index contributed by atoms with van der Waals surface area (Å²) >= 11 is 0. The number of hydrogen-bond donors (Lipinski definition) is 4. The van der Waals surface area contributed by atoms with E-state index in [1.807, 2.05) is 51.1 Å². The van der Waals surface area contributed by atoms with Crippen LogP contribution in [0.1, 0.15) is 63.1 Å². The topological polar surface area (TPSA) is 156 Å². The lowest BCUT2D eigenvalue weighted by Gasteiger charge is -2.19. The maximum absolute atomic E-state index is 13.6. The highest BCUT2D eigenvalue weighted by atomic mass is 16.5. The quantitative estimate of drug-likeness (QED) is 0.109. The van der Waals surface area contributed by atoms with Gasteiger partial charge in [0.1, 0.15) is 18.1 Å². The highest BCUT2D eigenvalue weighted by Gasteiger charge is 2.24. The molecule has 0 spiro atoms. The van der Waals surface area contributed by atoms with E-state index >= 15 is 0 Å². The number of methoxy groups -OCH3 is 1. The van der Waals surface area contributed by atoms with Crippen LogP contribution in [0.15, 0.2) is 84.9 Å². The minimum atomic E-state index is -0.670. The van der Waals surface area contributed by atoms with Crippen LogP contribution in [0.5, 0.6) is 5.88 Å².